The number of rotatable bonds is 7. The number of carbonyl (C=O) groups excluding carboxylic acids is 1. The Labute approximate surface area is 123 Å². The molecule has 0 saturated carbocycles. The molecule has 6 heteroatoms. The van der Waals surface area contributed by atoms with Crippen LogP contribution in [0.25, 0.3) is 0 Å². The summed E-state index contributed by atoms with van der Waals surface area (Å²) < 4.78 is 1.69. The van der Waals surface area contributed by atoms with Crippen molar-refractivity contribution in [2.24, 2.45) is 0 Å². The lowest BCUT2D eigenvalue weighted by atomic mass is 9.96. The van der Waals surface area contributed by atoms with E-state index >= 15 is 0 Å². The van der Waals surface area contributed by atoms with Gasteiger partial charge in [0, 0.05) is 19.2 Å². The molecular formula is C15H20N4O2. The van der Waals surface area contributed by atoms with E-state index < -0.39 is 5.60 Å². The molecule has 2 aromatic rings. The molecule has 0 fully saturated rings. The van der Waals surface area contributed by atoms with Gasteiger partial charge in [-0.2, -0.15) is 0 Å². The van der Waals surface area contributed by atoms with Gasteiger partial charge in [0.2, 0.25) is 5.91 Å². The van der Waals surface area contributed by atoms with Crippen molar-refractivity contribution in [3.05, 3.63) is 48.3 Å². The van der Waals surface area contributed by atoms with Crippen LogP contribution in [0.5, 0.6) is 0 Å². The van der Waals surface area contributed by atoms with Crippen molar-refractivity contribution in [2.45, 2.75) is 31.9 Å². The average Bonchev–Trinajstić information content (AvgIpc) is 2.99. The Morgan fingerprint density at radius 1 is 1.38 bits per heavy atom. The van der Waals surface area contributed by atoms with Crippen LogP contribution in [0.3, 0.4) is 0 Å². The predicted octanol–water partition coefficient (Wildman–Crippen LogP) is 1.08. The van der Waals surface area contributed by atoms with Crippen LogP contribution in [-0.2, 0) is 16.9 Å². The Balaban J connectivity index is 1.73. The highest BCUT2D eigenvalue weighted by atomic mass is 16.3. The third-order valence-electron chi connectivity index (χ3n) is 3.29. The van der Waals surface area contributed by atoms with Crippen LogP contribution in [0.4, 0.5) is 0 Å². The first kappa shape index (κ1) is 15.2. The molecule has 2 rings (SSSR count). The van der Waals surface area contributed by atoms with Crippen LogP contribution in [0, 0.1) is 0 Å². The maximum atomic E-state index is 11.8. The van der Waals surface area contributed by atoms with Crippen LogP contribution < -0.4 is 5.32 Å². The van der Waals surface area contributed by atoms with Gasteiger partial charge in [0.15, 0.2) is 0 Å². The molecule has 0 radical (unpaired) electrons. The van der Waals surface area contributed by atoms with Crippen LogP contribution in [-0.4, -0.2) is 32.6 Å². The van der Waals surface area contributed by atoms with E-state index in [2.05, 4.69) is 15.6 Å². The molecule has 1 aromatic heterocycles. The fourth-order valence-corrected chi connectivity index (χ4v) is 2.01. The molecule has 1 amide bonds. The average molecular weight is 288 g/mol. The minimum atomic E-state index is -1.07. The van der Waals surface area contributed by atoms with Gasteiger partial charge in [-0.3, -0.25) is 9.48 Å². The molecule has 0 bridgehead atoms. The van der Waals surface area contributed by atoms with E-state index in [1.165, 1.54) is 0 Å². The van der Waals surface area contributed by atoms with E-state index in [0.717, 1.165) is 5.56 Å². The van der Waals surface area contributed by atoms with Crippen molar-refractivity contribution in [3.63, 3.8) is 0 Å². The van der Waals surface area contributed by atoms with Crippen molar-refractivity contribution in [1.29, 1.82) is 0 Å². The molecular weight excluding hydrogens is 268 g/mol. The Kier molecular flexibility index (Phi) is 5.05. The molecule has 1 atom stereocenters. The molecule has 0 saturated heterocycles. The second kappa shape index (κ2) is 6.99. The standard InChI is InChI=1S/C15H20N4O2/c1-15(21,13-6-3-2-4-7-13)12-16-14(20)8-5-10-19-11-9-17-18-19/h2-4,6-7,9,11,21H,5,8,10,12H2,1H3,(H,16,20). The molecule has 0 aliphatic carbocycles. The highest BCUT2D eigenvalue weighted by Crippen LogP contribution is 2.18. The third-order valence-corrected chi connectivity index (χ3v) is 3.29. The minimum absolute atomic E-state index is 0.0775. The Bertz CT molecular complexity index is 552. The van der Waals surface area contributed by atoms with E-state index in [4.69, 9.17) is 0 Å². The highest BCUT2D eigenvalue weighted by molar-refractivity contribution is 5.75. The maximum Gasteiger partial charge on any atom is 0.220 e. The van der Waals surface area contributed by atoms with Crippen LogP contribution in [0.1, 0.15) is 25.3 Å². The van der Waals surface area contributed by atoms with Gasteiger partial charge in [0.1, 0.15) is 5.60 Å². The smallest absolute Gasteiger partial charge is 0.220 e. The number of benzene rings is 1. The largest absolute Gasteiger partial charge is 0.384 e. The summed E-state index contributed by atoms with van der Waals surface area (Å²) in [4.78, 5) is 11.8. The molecule has 0 aliphatic rings. The fraction of sp³-hybridized carbons (Fsp3) is 0.400. The first-order valence-electron chi connectivity index (χ1n) is 6.97. The first-order valence-corrected chi connectivity index (χ1v) is 6.97. The summed E-state index contributed by atoms with van der Waals surface area (Å²) in [6, 6.07) is 9.31. The summed E-state index contributed by atoms with van der Waals surface area (Å²) in [5.41, 5.74) is -0.282. The molecule has 6 nitrogen and oxygen atoms in total. The predicted molar refractivity (Wildman–Crippen MR) is 78.3 cm³/mol. The molecule has 1 unspecified atom stereocenters. The lowest BCUT2D eigenvalue weighted by molar-refractivity contribution is -0.122. The fourth-order valence-electron chi connectivity index (χ4n) is 2.01. The van der Waals surface area contributed by atoms with Crippen molar-refractivity contribution < 1.29 is 9.90 Å². The summed E-state index contributed by atoms with van der Waals surface area (Å²) in [5, 5.41) is 20.7. The summed E-state index contributed by atoms with van der Waals surface area (Å²) >= 11 is 0. The molecule has 2 N–H and O–H groups in total. The van der Waals surface area contributed by atoms with Crippen molar-refractivity contribution in [1.82, 2.24) is 20.3 Å². The van der Waals surface area contributed by atoms with Gasteiger partial charge in [0.25, 0.3) is 0 Å². The third kappa shape index (κ3) is 4.68. The quantitative estimate of drug-likeness (QED) is 0.799. The number of amides is 1. The van der Waals surface area contributed by atoms with Gasteiger partial charge >= 0.3 is 0 Å². The molecule has 0 aliphatic heterocycles. The zero-order valence-electron chi connectivity index (χ0n) is 12.1. The number of aromatic nitrogens is 3. The summed E-state index contributed by atoms with van der Waals surface area (Å²) in [6.07, 6.45) is 4.45. The Morgan fingerprint density at radius 3 is 2.81 bits per heavy atom. The number of carbonyl (C=O) groups is 1. The minimum Gasteiger partial charge on any atom is -0.384 e. The normalized spacial score (nSPS) is 13.6. The van der Waals surface area contributed by atoms with Gasteiger partial charge in [-0.15, -0.1) is 5.10 Å². The number of hydrogen-bond acceptors (Lipinski definition) is 4. The number of hydrogen-bond donors (Lipinski definition) is 2. The number of aliphatic hydroxyl groups is 1. The van der Waals surface area contributed by atoms with Crippen LogP contribution in [0.15, 0.2) is 42.7 Å². The van der Waals surface area contributed by atoms with Crippen molar-refractivity contribution in [3.8, 4) is 0 Å². The zero-order valence-corrected chi connectivity index (χ0v) is 12.1. The van der Waals surface area contributed by atoms with E-state index in [-0.39, 0.29) is 12.5 Å². The van der Waals surface area contributed by atoms with Crippen molar-refractivity contribution >= 4 is 5.91 Å². The van der Waals surface area contributed by atoms with E-state index in [0.29, 0.717) is 19.4 Å². The second-order valence-electron chi connectivity index (χ2n) is 5.19. The Morgan fingerprint density at radius 2 is 2.14 bits per heavy atom. The summed E-state index contributed by atoms with van der Waals surface area (Å²) in [6.45, 7) is 2.54. The van der Waals surface area contributed by atoms with Gasteiger partial charge in [-0.1, -0.05) is 35.5 Å². The number of nitrogens with one attached hydrogen (secondary N) is 1. The van der Waals surface area contributed by atoms with Crippen LogP contribution in [0.2, 0.25) is 0 Å². The SMILES string of the molecule is CC(O)(CNC(=O)CCCn1ccnn1)c1ccccc1. The maximum absolute atomic E-state index is 11.8. The van der Waals surface area contributed by atoms with Gasteiger partial charge < -0.3 is 10.4 Å². The molecule has 1 heterocycles. The zero-order chi connectivity index (χ0) is 15.1. The molecule has 112 valence electrons. The topological polar surface area (TPSA) is 80.0 Å². The molecule has 21 heavy (non-hydrogen) atoms. The van der Waals surface area contributed by atoms with Gasteiger partial charge in [-0.05, 0) is 18.9 Å². The Hall–Kier alpha value is -2.21. The lowest BCUT2D eigenvalue weighted by Gasteiger charge is -2.24. The summed E-state index contributed by atoms with van der Waals surface area (Å²) in [5.74, 6) is -0.0775. The lowest BCUT2D eigenvalue weighted by Crippen LogP contribution is -2.38. The van der Waals surface area contributed by atoms with E-state index in [1.807, 2.05) is 30.3 Å². The first-order chi connectivity index (χ1) is 10.1. The highest BCUT2D eigenvalue weighted by Gasteiger charge is 2.23. The van der Waals surface area contributed by atoms with Gasteiger partial charge in [-0.25, -0.2) is 0 Å². The molecule has 1 aromatic carbocycles. The molecule has 0 spiro atoms. The number of nitrogens with zero attached hydrogens (tertiary/aromatic N) is 3. The van der Waals surface area contributed by atoms with E-state index in [9.17, 15) is 9.90 Å². The van der Waals surface area contributed by atoms with E-state index in [1.54, 1.807) is 24.0 Å². The van der Waals surface area contributed by atoms with Crippen LogP contribution >= 0.6 is 0 Å². The van der Waals surface area contributed by atoms with Gasteiger partial charge in [0.05, 0.1) is 12.7 Å². The van der Waals surface area contributed by atoms with Crippen molar-refractivity contribution in [2.75, 3.05) is 6.54 Å². The second-order valence-corrected chi connectivity index (χ2v) is 5.19. The summed E-state index contributed by atoms with van der Waals surface area (Å²) in [7, 11) is 0. The number of aryl methyl sites for hydroxylation is 1. The monoisotopic (exact) mass is 288 g/mol.